The summed E-state index contributed by atoms with van der Waals surface area (Å²) >= 11 is 0. The summed E-state index contributed by atoms with van der Waals surface area (Å²) in [5.41, 5.74) is 3.35. The predicted octanol–water partition coefficient (Wildman–Crippen LogP) is 2.34. The van der Waals surface area contributed by atoms with E-state index in [1.807, 2.05) is 43.3 Å². The lowest BCUT2D eigenvalue weighted by atomic mass is 10.1. The number of hydrogen-bond acceptors (Lipinski definition) is 4. The highest BCUT2D eigenvalue weighted by Gasteiger charge is 2.18. The molecule has 6 nitrogen and oxygen atoms in total. The van der Waals surface area contributed by atoms with Crippen LogP contribution in [0.15, 0.2) is 48.5 Å². The average molecular weight is 376 g/mol. The van der Waals surface area contributed by atoms with Gasteiger partial charge in [0.1, 0.15) is 0 Å². The minimum atomic E-state index is -3.42. The number of aliphatic carboxylic acids is 1. The van der Waals surface area contributed by atoms with E-state index in [1.165, 1.54) is 10.6 Å². The molecule has 2 aromatic carbocycles. The predicted molar refractivity (Wildman–Crippen MR) is 103 cm³/mol. The Bertz CT molecular complexity index is 861. The van der Waals surface area contributed by atoms with Crippen LogP contribution in [0.25, 0.3) is 0 Å². The third kappa shape index (κ3) is 5.86. The first kappa shape index (κ1) is 19.9. The maximum atomic E-state index is 12.2. The van der Waals surface area contributed by atoms with Gasteiger partial charge in [-0.05, 0) is 28.8 Å². The fourth-order valence-corrected chi connectivity index (χ4v) is 3.38. The molecule has 0 radical (unpaired) electrons. The lowest BCUT2D eigenvalue weighted by Crippen LogP contribution is -2.29. The molecule has 140 valence electrons. The van der Waals surface area contributed by atoms with Crippen molar-refractivity contribution in [3.8, 4) is 0 Å². The first-order valence-corrected chi connectivity index (χ1v) is 10.0. The van der Waals surface area contributed by atoms with Crippen molar-refractivity contribution in [2.45, 2.75) is 19.5 Å². The zero-order valence-electron chi connectivity index (χ0n) is 15.2. The van der Waals surface area contributed by atoms with Crippen LogP contribution in [0.1, 0.15) is 16.7 Å². The molecule has 1 N–H and O–H groups in total. The number of carboxylic acid groups (broad SMARTS) is 1. The normalized spacial score (nSPS) is 11.5. The summed E-state index contributed by atoms with van der Waals surface area (Å²) in [5, 5.41) is 8.92. The zero-order valence-corrected chi connectivity index (χ0v) is 16.0. The highest BCUT2D eigenvalue weighted by atomic mass is 32.2. The fourth-order valence-electron chi connectivity index (χ4n) is 2.61. The van der Waals surface area contributed by atoms with Crippen molar-refractivity contribution in [1.82, 2.24) is 4.31 Å². The van der Waals surface area contributed by atoms with Crippen LogP contribution < -0.4 is 4.90 Å². The maximum absolute atomic E-state index is 12.2. The highest BCUT2D eigenvalue weighted by molar-refractivity contribution is 7.88. The summed E-state index contributed by atoms with van der Waals surface area (Å²) in [5.74, 6) is -0.914. The minimum absolute atomic E-state index is 0.0846. The molecule has 7 heteroatoms. The molecule has 0 aliphatic heterocycles. The molecule has 0 saturated carbocycles. The molecule has 0 fully saturated rings. The minimum Gasteiger partial charge on any atom is -0.481 e. The molecule has 0 atom stereocenters. The van der Waals surface area contributed by atoms with E-state index >= 15 is 0 Å². The van der Waals surface area contributed by atoms with Gasteiger partial charge < -0.3 is 10.0 Å². The van der Waals surface area contributed by atoms with E-state index in [2.05, 4.69) is 0 Å². The molecule has 26 heavy (non-hydrogen) atoms. The van der Waals surface area contributed by atoms with Gasteiger partial charge in [-0.2, -0.15) is 4.31 Å². The van der Waals surface area contributed by atoms with Gasteiger partial charge in [0.15, 0.2) is 0 Å². The third-order valence-corrected chi connectivity index (χ3v) is 5.18. The van der Waals surface area contributed by atoms with Crippen LogP contribution in [-0.2, 0) is 34.3 Å². The number of benzene rings is 2. The van der Waals surface area contributed by atoms with Crippen LogP contribution >= 0.6 is 0 Å². The van der Waals surface area contributed by atoms with Gasteiger partial charge in [0.05, 0.1) is 12.7 Å². The van der Waals surface area contributed by atoms with Gasteiger partial charge in [0.25, 0.3) is 0 Å². The standard InChI is InChI=1S/C19H24N2O4S/c1-20(2)18-9-7-15(8-10-18)13-21(26(3,24)25)14-17-6-4-5-16(11-17)12-19(22)23/h4-11H,12-14H2,1-3H3,(H,22,23). The van der Waals surface area contributed by atoms with E-state index in [0.717, 1.165) is 16.8 Å². The lowest BCUT2D eigenvalue weighted by Gasteiger charge is -2.21. The van der Waals surface area contributed by atoms with Crippen molar-refractivity contribution in [3.63, 3.8) is 0 Å². The largest absolute Gasteiger partial charge is 0.481 e. The number of carboxylic acids is 1. The van der Waals surface area contributed by atoms with Gasteiger partial charge in [-0.25, -0.2) is 8.42 Å². The number of nitrogens with zero attached hydrogens (tertiary/aromatic N) is 2. The van der Waals surface area contributed by atoms with Gasteiger partial charge in [-0.3, -0.25) is 4.79 Å². The fraction of sp³-hybridized carbons (Fsp3) is 0.316. The third-order valence-electron chi connectivity index (χ3n) is 3.99. The molecular weight excluding hydrogens is 352 g/mol. The molecule has 2 rings (SSSR count). The Morgan fingerprint density at radius 1 is 0.962 bits per heavy atom. The smallest absolute Gasteiger partial charge is 0.307 e. The molecule has 0 bridgehead atoms. The van der Waals surface area contributed by atoms with E-state index in [9.17, 15) is 13.2 Å². The second kappa shape index (κ2) is 8.33. The van der Waals surface area contributed by atoms with E-state index < -0.39 is 16.0 Å². The molecule has 0 heterocycles. The summed E-state index contributed by atoms with van der Waals surface area (Å²) in [6, 6.07) is 14.7. The Kier molecular flexibility index (Phi) is 6.39. The number of carbonyl (C=O) groups is 1. The number of sulfonamides is 1. The van der Waals surface area contributed by atoms with Crippen molar-refractivity contribution in [1.29, 1.82) is 0 Å². The van der Waals surface area contributed by atoms with Crippen molar-refractivity contribution in [3.05, 3.63) is 65.2 Å². The molecule has 0 aliphatic rings. The summed E-state index contributed by atoms with van der Waals surface area (Å²) in [7, 11) is 0.476. The number of hydrogen-bond donors (Lipinski definition) is 1. The van der Waals surface area contributed by atoms with Crippen molar-refractivity contribution < 1.29 is 18.3 Å². The van der Waals surface area contributed by atoms with Gasteiger partial charge in [-0.1, -0.05) is 36.4 Å². The quantitative estimate of drug-likeness (QED) is 0.765. The summed E-state index contributed by atoms with van der Waals surface area (Å²) < 4.78 is 25.8. The van der Waals surface area contributed by atoms with Crippen LogP contribution in [-0.4, -0.2) is 44.1 Å². The Hall–Kier alpha value is -2.38. The Labute approximate surface area is 154 Å². The first-order chi connectivity index (χ1) is 12.1. The van der Waals surface area contributed by atoms with Crippen molar-refractivity contribution in [2.24, 2.45) is 0 Å². The van der Waals surface area contributed by atoms with Crippen LogP contribution in [0.3, 0.4) is 0 Å². The monoisotopic (exact) mass is 376 g/mol. The van der Waals surface area contributed by atoms with E-state index in [-0.39, 0.29) is 19.5 Å². The van der Waals surface area contributed by atoms with Gasteiger partial charge >= 0.3 is 5.97 Å². The second-order valence-electron chi connectivity index (χ2n) is 6.48. The molecule has 0 spiro atoms. The van der Waals surface area contributed by atoms with Crippen LogP contribution in [0.2, 0.25) is 0 Å². The van der Waals surface area contributed by atoms with Crippen molar-refractivity contribution in [2.75, 3.05) is 25.3 Å². The summed E-state index contributed by atoms with van der Waals surface area (Å²) in [4.78, 5) is 12.8. The van der Waals surface area contributed by atoms with Gasteiger partial charge in [0.2, 0.25) is 10.0 Å². The second-order valence-corrected chi connectivity index (χ2v) is 8.46. The molecular formula is C19H24N2O4S. The molecule has 0 aliphatic carbocycles. The molecule has 0 aromatic heterocycles. The van der Waals surface area contributed by atoms with E-state index in [1.54, 1.807) is 24.3 Å². The van der Waals surface area contributed by atoms with E-state index in [0.29, 0.717) is 5.56 Å². The Balaban J connectivity index is 2.19. The van der Waals surface area contributed by atoms with Crippen LogP contribution in [0, 0.1) is 0 Å². The molecule has 0 unspecified atom stereocenters. The Morgan fingerprint density at radius 3 is 2.08 bits per heavy atom. The average Bonchev–Trinajstić information content (AvgIpc) is 2.53. The SMILES string of the molecule is CN(C)c1ccc(CN(Cc2cccc(CC(=O)O)c2)S(C)(=O)=O)cc1. The highest BCUT2D eigenvalue weighted by Crippen LogP contribution is 2.18. The zero-order chi connectivity index (χ0) is 19.3. The van der Waals surface area contributed by atoms with Gasteiger partial charge in [0, 0.05) is 32.9 Å². The van der Waals surface area contributed by atoms with E-state index in [4.69, 9.17) is 5.11 Å². The summed E-state index contributed by atoms with van der Waals surface area (Å²) in [6.45, 7) is 0.456. The topological polar surface area (TPSA) is 77.9 Å². The van der Waals surface area contributed by atoms with Crippen LogP contribution in [0.5, 0.6) is 0 Å². The Morgan fingerprint density at radius 2 is 1.54 bits per heavy atom. The van der Waals surface area contributed by atoms with Crippen molar-refractivity contribution >= 4 is 21.7 Å². The van der Waals surface area contributed by atoms with Gasteiger partial charge in [-0.15, -0.1) is 0 Å². The number of rotatable bonds is 8. The molecule has 0 saturated heterocycles. The molecule has 0 amide bonds. The number of anilines is 1. The van der Waals surface area contributed by atoms with Crippen LogP contribution in [0.4, 0.5) is 5.69 Å². The lowest BCUT2D eigenvalue weighted by molar-refractivity contribution is -0.136. The molecule has 2 aromatic rings. The summed E-state index contributed by atoms with van der Waals surface area (Å²) in [6.07, 6.45) is 1.10. The maximum Gasteiger partial charge on any atom is 0.307 e. The first-order valence-electron chi connectivity index (χ1n) is 8.16.